The van der Waals surface area contributed by atoms with Crippen LogP contribution in [0.4, 0.5) is 5.82 Å². The Bertz CT molecular complexity index is 1510. The topological polar surface area (TPSA) is 119 Å². The second kappa shape index (κ2) is 7.91. The van der Waals surface area contributed by atoms with E-state index in [1.165, 1.54) is 0 Å². The quantitative estimate of drug-likeness (QED) is 0.397. The highest BCUT2D eigenvalue weighted by atomic mass is 16.2. The molecule has 1 fully saturated rings. The van der Waals surface area contributed by atoms with Gasteiger partial charge in [0.15, 0.2) is 11.5 Å². The van der Waals surface area contributed by atoms with E-state index in [-0.39, 0.29) is 11.9 Å². The standard InChI is InChI=1S/C24H23N9O/c1-14(2)33-12-16(11-26-33)15-6-9-19-18(10-15)22(30-29-19)24(34)28-21-5-3-4-20(27-21)23-31-25-13-32(23)17-7-8-17/h3-6,9-14,17H,7-8H2,1-2H3,(H,29,30)(H,27,28,34). The van der Waals surface area contributed by atoms with E-state index < -0.39 is 0 Å². The molecule has 34 heavy (non-hydrogen) atoms. The number of hydrogen-bond acceptors (Lipinski definition) is 6. The maximum atomic E-state index is 13.1. The van der Waals surface area contributed by atoms with Crippen LogP contribution in [-0.4, -0.2) is 45.6 Å². The maximum absolute atomic E-state index is 13.1. The molecule has 10 nitrogen and oxygen atoms in total. The second-order valence-corrected chi connectivity index (χ2v) is 8.79. The Balaban J connectivity index is 1.28. The van der Waals surface area contributed by atoms with Gasteiger partial charge in [0.1, 0.15) is 17.8 Å². The molecule has 0 spiro atoms. The molecule has 6 rings (SSSR count). The van der Waals surface area contributed by atoms with Gasteiger partial charge >= 0.3 is 0 Å². The lowest BCUT2D eigenvalue weighted by molar-refractivity contribution is 0.102. The van der Waals surface area contributed by atoms with Gasteiger partial charge in [-0.3, -0.25) is 14.6 Å². The van der Waals surface area contributed by atoms with Crippen molar-refractivity contribution in [1.82, 2.24) is 39.7 Å². The number of nitrogens with one attached hydrogen (secondary N) is 2. The number of benzene rings is 1. The van der Waals surface area contributed by atoms with Crippen LogP contribution < -0.4 is 5.32 Å². The molecule has 1 aromatic carbocycles. The van der Waals surface area contributed by atoms with E-state index in [0.717, 1.165) is 34.9 Å². The Morgan fingerprint density at radius 2 is 2.06 bits per heavy atom. The van der Waals surface area contributed by atoms with Gasteiger partial charge in [-0.15, -0.1) is 10.2 Å². The Labute approximate surface area is 195 Å². The summed E-state index contributed by atoms with van der Waals surface area (Å²) in [5, 5.41) is 23.5. The van der Waals surface area contributed by atoms with Crippen LogP contribution in [0.3, 0.4) is 0 Å². The Kier molecular flexibility index (Phi) is 4.72. The van der Waals surface area contributed by atoms with Gasteiger partial charge < -0.3 is 9.88 Å². The summed E-state index contributed by atoms with van der Waals surface area (Å²) in [5.74, 6) is 0.795. The number of fused-ring (bicyclic) bond motifs is 1. The van der Waals surface area contributed by atoms with Gasteiger partial charge in [-0.05, 0) is 56.5 Å². The van der Waals surface area contributed by atoms with E-state index in [1.54, 1.807) is 12.4 Å². The second-order valence-electron chi connectivity index (χ2n) is 8.79. The van der Waals surface area contributed by atoms with Crippen molar-refractivity contribution in [1.29, 1.82) is 0 Å². The van der Waals surface area contributed by atoms with Gasteiger partial charge in [0, 0.05) is 29.2 Å². The van der Waals surface area contributed by atoms with E-state index in [2.05, 4.69) is 49.6 Å². The zero-order valence-corrected chi connectivity index (χ0v) is 18.8. The molecule has 0 bridgehead atoms. The molecule has 2 N–H and O–H groups in total. The van der Waals surface area contributed by atoms with Crippen molar-refractivity contribution >= 4 is 22.6 Å². The van der Waals surface area contributed by atoms with E-state index in [0.29, 0.717) is 29.1 Å². The largest absolute Gasteiger partial charge is 0.309 e. The molecular formula is C24H23N9O. The first-order chi connectivity index (χ1) is 16.6. The summed E-state index contributed by atoms with van der Waals surface area (Å²) in [5.41, 5.74) is 3.70. The zero-order chi connectivity index (χ0) is 23.2. The first kappa shape index (κ1) is 20.3. The molecule has 10 heteroatoms. The molecule has 1 amide bonds. The van der Waals surface area contributed by atoms with Crippen LogP contribution in [0, 0.1) is 0 Å². The Morgan fingerprint density at radius 3 is 2.85 bits per heavy atom. The summed E-state index contributed by atoms with van der Waals surface area (Å²) < 4.78 is 3.95. The predicted octanol–water partition coefficient (Wildman–Crippen LogP) is 4.25. The van der Waals surface area contributed by atoms with Crippen LogP contribution in [-0.2, 0) is 0 Å². The zero-order valence-electron chi connectivity index (χ0n) is 18.8. The average Bonchev–Trinajstić information content (AvgIpc) is 3.25. The number of aromatic amines is 1. The molecule has 1 aliphatic rings. The average molecular weight is 454 g/mol. The summed E-state index contributed by atoms with van der Waals surface area (Å²) in [6.45, 7) is 4.16. The van der Waals surface area contributed by atoms with Gasteiger partial charge in [0.2, 0.25) is 0 Å². The van der Waals surface area contributed by atoms with Crippen molar-refractivity contribution in [2.45, 2.75) is 38.8 Å². The van der Waals surface area contributed by atoms with Crippen molar-refractivity contribution in [3.8, 4) is 22.6 Å². The molecule has 0 unspecified atom stereocenters. The van der Waals surface area contributed by atoms with Crippen molar-refractivity contribution in [2.24, 2.45) is 0 Å². The molecule has 0 radical (unpaired) electrons. The molecule has 0 saturated heterocycles. The normalized spacial score (nSPS) is 13.6. The lowest BCUT2D eigenvalue weighted by Crippen LogP contribution is -2.14. The number of hydrogen-bond donors (Lipinski definition) is 2. The SMILES string of the molecule is CC(C)n1cc(-c2ccc3[nH]nc(C(=O)Nc4cccc(-c5nncn5C5CC5)n4)c3c2)cn1. The number of aromatic nitrogens is 8. The molecule has 5 aromatic rings. The maximum Gasteiger partial charge on any atom is 0.277 e. The van der Waals surface area contributed by atoms with E-state index in [9.17, 15) is 4.79 Å². The predicted molar refractivity (Wildman–Crippen MR) is 127 cm³/mol. The fraction of sp³-hybridized carbons (Fsp3) is 0.250. The van der Waals surface area contributed by atoms with Crippen LogP contribution in [0.5, 0.6) is 0 Å². The molecular weight excluding hydrogens is 430 g/mol. The number of H-pyrrole nitrogens is 1. The number of anilines is 1. The van der Waals surface area contributed by atoms with Gasteiger partial charge in [-0.2, -0.15) is 10.2 Å². The van der Waals surface area contributed by atoms with Crippen molar-refractivity contribution in [3.63, 3.8) is 0 Å². The molecule has 1 aliphatic carbocycles. The fourth-order valence-electron chi connectivity index (χ4n) is 3.99. The number of carbonyl (C=O) groups excluding carboxylic acids is 1. The first-order valence-corrected chi connectivity index (χ1v) is 11.3. The summed E-state index contributed by atoms with van der Waals surface area (Å²) in [6.07, 6.45) is 7.80. The van der Waals surface area contributed by atoms with Crippen LogP contribution in [0.25, 0.3) is 33.5 Å². The number of amides is 1. The highest BCUT2D eigenvalue weighted by Crippen LogP contribution is 2.37. The van der Waals surface area contributed by atoms with Crippen LogP contribution >= 0.6 is 0 Å². The van der Waals surface area contributed by atoms with E-state index in [1.807, 2.05) is 52.0 Å². The highest BCUT2D eigenvalue weighted by Gasteiger charge is 2.27. The molecule has 1 saturated carbocycles. The number of pyridine rings is 1. The molecule has 170 valence electrons. The molecule has 0 aliphatic heterocycles. The summed E-state index contributed by atoms with van der Waals surface area (Å²) in [6, 6.07) is 12.0. The van der Waals surface area contributed by atoms with Crippen molar-refractivity contribution in [2.75, 3.05) is 5.32 Å². The van der Waals surface area contributed by atoms with Gasteiger partial charge in [-0.1, -0.05) is 12.1 Å². The summed E-state index contributed by atoms with van der Waals surface area (Å²) >= 11 is 0. The monoisotopic (exact) mass is 453 g/mol. The lowest BCUT2D eigenvalue weighted by atomic mass is 10.1. The minimum absolute atomic E-state index is 0.272. The molecule has 4 heterocycles. The van der Waals surface area contributed by atoms with Crippen LogP contribution in [0.1, 0.15) is 49.3 Å². The third-order valence-electron chi connectivity index (χ3n) is 5.97. The van der Waals surface area contributed by atoms with Gasteiger partial charge in [0.05, 0.1) is 11.7 Å². The van der Waals surface area contributed by atoms with Crippen LogP contribution in [0.15, 0.2) is 55.1 Å². The minimum Gasteiger partial charge on any atom is -0.309 e. The smallest absolute Gasteiger partial charge is 0.277 e. The van der Waals surface area contributed by atoms with Crippen molar-refractivity contribution < 1.29 is 4.79 Å². The third-order valence-corrected chi connectivity index (χ3v) is 5.97. The fourth-order valence-corrected chi connectivity index (χ4v) is 3.99. The highest BCUT2D eigenvalue weighted by molar-refractivity contribution is 6.11. The van der Waals surface area contributed by atoms with Crippen molar-refractivity contribution in [3.05, 3.63) is 60.8 Å². The van der Waals surface area contributed by atoms with E-state index >= 15 is 0 Å². The van der Waals surface area contributed by atoms with E-state index in [4.69, 9.17) is 0 Å². The Morgan fingerprint density at radius 1 is 1.18 bits per heavy atom. The Hall–Kier alpha value is -4.34. The molecule has 0 atom stereocenters. The van der Waals surface area contributed by atoms with Gasteiger partial charge in [-0.25, -0.2) is 4.98 Å². The third kappa shape index (κ3) is 3.62. The first-order valence-electron chi connectivity index (χ1n) is 11.3. The van der Waals surface area contributed by atoms with Crippen LogP contribution in [0.2, 0.25) is 0 Å². The summed E-state index contributed by atoms with van der Waals surface area (Å²) in [4.78, 5) is 17.7. The number of rotatable bonds is 6. The molecule has 4 aromatic heterocycles. The number of nitrogens with zero attached hydrogens (tertiary/aromatic N) is 7. The minimum atomic E-state index is -0.338. The summed E-state index contributed by atoms with van der Waals surface area (Å²) in [7, 11) is 0. The number of carbonyl (C=O) groups is 1. The van der Waals surface area contributed by atoms with Gasteiger partial charge in [0.25, 0.3) is 5.91 Å². The lowest BCUT2D eigenvalue weighted by Gasteiger charge is -2.07.